The van der Waals surface area contributed by atoms with Gasteiger partial charge in [0.05, 0.1) is 35.6 Å². The zero-order valence-corrected chi connectivity index (χ0v) is 25.5. The molecule has 7 nitrogen and oxygen atoms in total. The molecule has 1 aliphatic rings. The number of thiazole rings is 1. The van der Waals surface area contributed by atoms with Gasteiger partial charge in [-0.2, -0.15) is 0 Å². The average molecular weight is 608 g/mol. The van der Waals surface area contributed by atoms with Crippen molar-refractivity contribution < 1.29 is 18.7 Å². The number of methoxy groups -OCH3 is 1. The van der Waals surface area contributed by atoms with E-state index >= 15 is 0 Å². The maximum atomic E-state index is 14.2. The van der Waals surface area contributed by atoms with Crippen molar-refractivity contribution in [3.05, 3.63) is 144 Å². The minimum absolute atomic E-state index is 0.174. The molecule has 0 saturated carbocycles. The van der Waals surface area contributed by atoms with Crippen LogP contribution in [0.15, 0.2) is 100 Å². The average Bonchev–Trinajstić information content (AvgIpc) is 3.50. The van der Waals surface area contributed by atoms with Gasteiger partial charge in [-0.1, -0.05) is 53.8 Å². The Morgan fingerprint density at radius 1 is 1.02 bits per heavy atom. The molecule has 3 aromatic carbocycles. The lowest BCUT2D eigenvalue weighted by molar-refractivity contribution is -0.138. The van der Waals surface area contributed by atoms with E-state index in [0.29, 0.717) is 20.8 Å². The molecule has 0 bridgehead atoms. The van der Waals surface area contributed by atoms with Crippen molar-refractivity contribution in [2.45, 2.75) is 26.8 Å². The van der Waals surface area contributed by atoms with Crippen LogP contribution in [0.1, 0.15) is 41.0 Å². The Bertz CT molecular complexity index is 2070. The largest absolute Gasteiger partial charge is 0.497 e. The molecular formula is C35H30FN3O4S. The fourth-order valence-corrected chi connectivity index (χ4v) is 6.60. The third-order valence-corrected chi connectivity index (χ3v) is 8.63. The Labute approximate surface area is 257 Å². The predicted molar refractivity (Wildman–Crippen MR) is 169 cm³/mol. The van der Waals surface area contributed by atoms with Gasteiger partial charge in [-0.15, -0.1) is 0 Å². The van der Waals surface area contributed by atoms with E-state index in [-0.39, 0.29) is 23.6 Å². The summed E-state index contributed by atoms with van der Waals surface area (Å²) in [4.78, 5) is 33.3. The number of fused-ring (bicyclic) bond motifs is 1. The van der Waals surface area contributed by atoms with Crippen LogP contribution in [0, 0.1) is 19.7 Å². The molecule has 0 aliphatic carbocycles. The van der Waals surface area contributed by atoms with Crippen molar-refractivity contribution in [3.8, 4) is 11.4 Å². The van der Waals surface area contributed by atoms with Crippen LogP contribution < -0.4 is 19.6 Å². The second-order valence-corrected chi connectivity index (χ2v) is 11.4. The Kier molecular flexibility index (Phi) is 7.88. The standard InChI is InChI=1S/C35H30FN3O4S/c1-5-43-34(41)30-31(23-9-7-6-8-10-23)37-35-39(32(30)24-11-17-28(42-4)18-12-24)33(40)29(44-35)20-25-19-21(2)38(22(25)3)27-15-13-26(36)14-16-27/h6-20,32H,5H2,1-4H3/b29-20+. The Morgan fingerprint density at radius 2 is 1.73 bits per heavy atom. The SMILES string of the molecule is CCOC(=O)C1=C(c2ccccc2)N=c2s/c(=C/c3cc(C)n(-c4ccc(F)cc4)c3C)c(=O)n2C1c1ccc(OC)cc1. The van der Waals surface area contributed by atoms with Gasteiger partial charge in [-0.05, 0) is 80.4 Å². The normalized spacial score (nSPS) is 14.8. The molecule has 222 valence electrons. The van der Waals surface area contributed by atoms with Gasteiger partial charge in [0.15, 0.2) is 4.80 Å². The summed E-state index contributed by atoms with van der Waals surface area (Å²) in [5.74, 6) is -0.184. The third kappa shape index (κ3) is 5.20. The van der Waals surface area contributed by atoms with Gasteiger partial charge in [-0.3, -0.25) is 9.36 Å². The summed E-state index contributed by atoms with van der Waals surface area (Å²) in [5.41, 5.74) is 5.48. The molecular weight excluding hydrogens is 577 g/mol. The van der Waals surface area contributed by atoms with Crippen molar-refractivity contribution in [1.82, 2.24) is 9.13 Å². The van der Waals surface area contributed by atoms with E-state index in [0.717, 1.165) is 33.8 Å². The van der Waals surface area contributed by atoms with Crippen LogP contribution in [-0.2, 0) is 9.53 Å². The highest BCUT2D eigenvalue weighted by Crippen LogP contribution is 2.35. The topological polar surface area (TPSA) is 74.8 Å². The van der Waals surface area contributed by atoms with Crippen LogP contribution in [0.2, 0.25) is 0 Å². The number of hydrogen-bond donors (Lipinski definition) is 0. The van der Waals surface area contributed by atoms with Crippen LogP contribution in [0.5, 0.6) is 5.75 Å². The monoisotopic (exact) mass is 607 g/mol. The van der Waals surface area contributed by atoms with Gasteiger partial charge in [0.1, 0.15) is 11.6 Å². The summed E-state index contributed by atoms with van der Waals surface area (Å²) in [5, 5.41) is 0. The minimum Gasteiger partial charge on any atom is -0.497 e. The van der Waals surface area contributed by atoms with E-state index in [2.05, 4.69) is 0 Å². The molecule has 6 rings (SSSR count). The summed E-state index contributed by atoms with van der Waals surface area (Å²) >= 11 is 1.27. The van der Waals surface area contributed by atoms with Gasteiger partial charge in [0, 0.05) is 22.6 Å². The fraction of sp³-hybridized carbons (Fsp3) is 0.171. The summed E-state index contributed by atoms with van der Waals surface area (Å²) in [6.45, 7) is 5.86. The molecule has 0 saturated heterocycles. The highest BCUT2D eigenvalue weighted by Gasteiger charge is 2.35. The number of carbonyl (C=O) groups excluding carboxylic acids is 1. The van der Waals surface area contributed by atoms with Gasteiger partial charge < -0.3 is 14.0 Å². The molecule has 2 aromatic heterocycles. The van der Waals surface area contributed by atoms with Crippen LogP contribution in [0.4, 0.5) is 4.39 Å². The van der Waals surface area contributed by atoms with Gasteiger partial charge in [0.2, 0.25) is 0 Å². The first kappa shape index (κ1) is 29.1. The number of carbonyl (C=O) groups is 1. The number of nitrogens with zero attached hydrogens (tertiary/aromatic N) is 3. The van der Waals surface area contributed by atoms with Crippen LogP contribution in [0.25, 0.3) is 17.5 Å². The van der Waals surface area contributed by atoms with Gasteiger partial charge in [0.25, 0.3) is 5.56 Å². The van der Waals surface area contributed by atoms with E-state index in [1.165, 1.54) is 23.5 Å². The fourth-order valence-electron chi connectivity index (χ4n) is 5.60. The van der Waals surface area contributed by atoms with E-state index in [1.54, 1.807) is 42.9 Å². The van der Waals surface area contributed by atoms with Gasteiger partial charge in [-0.25, -0.2) is 14.2 Å². The van der Waals surface area contributed by atoms with Gasteiger partial charge >= 0.3 is 5.97 Å². The molecule has 5 aromatic rings. The summed E-state index contributed by atoms with van der Waals surface area (Å²) in [6, 6.07) is 24.3. The highest BCUT2D eigenvalue weighted by molar-refractivity contribution is 7.07. The Hall–Kier alpha value is -5.02. The van der Waals surface area contributed by atoms with Crippen molar-refractivity contribution >= 4 is 29.1 Å². The smallest absolute Gasteiger partial charge is 0.338 e. The number of rotatable bonds is 7. The molecule has 0 radical (unpaired) electrons. The predicted octanol–water partition coefficient (Wildman–Crippen LogP) is 5.49. The molecule has 9 heteroatoms. The maximum Gasteiger partial charge on any atom is 0.338 e. The first-order valence-electron chi connectivity index (χ1n) is 14.2. The molecule has 1 aliphatic heterocycles. The minimum atomic E-state index is -0.778. The zero-order chi connectivity index (χ0) is 31.0. The van der Waals surface area contributed by atoms with Crippen molar-refractivity contribution in [3.63, 3.8) is 0 Å². The Morgan fingerprint density at radius 3 is 2.39 bits per heavy atom. The summed E-state index contributed by atoms with van der Waals surface area (Å²) in [6.07, 6.45) is 1.85. The van der Waals surface area contributed by atoms with E-state index in [9.17, 15) is 14.0 Å². The number of ether oxygens (including phenoxy) is 2. The molecule has 0 N–H and O–H groups in total. The van der Waals surface area contributed by atoms with E-state index in [4.69, 9.17) is 14.5 Å². The highest BCUT2D eigenvalue weighted by atomic mass is 32.1. The van der Waals surface area contributed by atoms with Crippen molar-refractivity contribution in [1.29, 1.82) is 0 Å². The lowest BCUT2D eigenvalue weighted by atomic mass is 9.93. The first-order valence-corrected chi connectivity index (χ1v) is 15.0. The summed E-state index contributed by atoms with van der Waals surface area (Å²) in [7, 11) is 1.59. The van der Waals surface area contributed by atoms with Crippen LogP contribution in [0.3, 0.4) is 0 Å². The van der Waals surface area contributed by atoms with E-state index in [1.807, 2.05) is 73.0 Å². The van der Waals surface area contributed by atoms with Crippen molar-refractivity contribution in [2.24, 2.45) is 4.99 Å². The van der Waals surface area contributed by atoms with Crippen molar-refractivity contribution in [2.75, 3.05) is 13.7 Å². The lowest BCUT2D eigenvalue weighted by Crippen LogP contribution is -2.40. The molecule has 3 heterocycles. The second kappa shape index (κ2) is 11.9. The molecule has 1 unspecified atom stereocenters. The second-order valence-electron chi connectivity index (χ2n) is 10.3. The molecule has 0 amide bonds. The number of halogens is 1. The number of esters is 1. The summed E-state index contributed by atoms with van der Waals surface area (Å²) < 4.78 is 28.6. The van der Waals surface area contributed by atoms with Crippen LogP contribution >= 0.6 is 11.3 Å². The molecule has 0 spiro atoms. The lowest BCUT2D eigenvalue weighted by Gasteiger charge is -2.26. The molecule has 0 fully saturated rings. The number of aryl methyl sites for hydroxylation is 1. The third-order valence-electron chi connectivity index (χ3n) is 7.65. The molecule has 1 atom stereocenters. The number of hydrogen-bond acceptors (Lipinski definition) is 6. The molecule has 44 heavy (non-hydrogen) atoms. The number of benzene rings is 3. The maximum absolute atomic E-state index is 14.2. The zero-order valence-electron chi connectivity index (χ0n) is 24.7. The van der Waals surface area contributed by atoms with E-state index < -0.39 is 12.0 Å². The van der Waals surface area contributed by atoms with Crippen LogP contribution in [-0.4, -0.2) is 28.8 Å². The Balaban J connectivity index is 1.59. The quantitative estimate of drug-likeness (QED) is 0.230. The first-order chi connectivity index (χ1) is 21.3. The number of aromatic nitrogens is 2.